The maximum Gasteiger partial charge on any atom is 0.379 e. The van der Waals surface area contributed by atoms with Crippen molar-refractivity contribution >= 4 is 15.8 Å². The molecule has 0 bridgehead atoms. The number of hydrogen-bond donors (Lipinski definition) is 0. The van der Waals surface area contributed by atoms with E-state index in [1.807, 2.05) is 12.1 Å². The van der Waals surface area contributed by atoms with E-state index in [2.05, 4.69) is 13.8 Å². The van der Waals surface area contributed by atoms with E-state index >= 15 is 0 Å². The van der Waals surface area contributed by atoms with Gasteiger partial charge in [-0.05, 0) is 47.9 Å². The minimum absolute atomic E-state index is 0.0959. The standard InChI is InChI=1S/C20H18O5S/c1-14(2)15-8-10-16(11-9-15)24-20(21)18-12-13-19(25-18)26(22,23)17-6-4-3-5-7-17/h3-14H,1-2H3. The van der Waals surface area contributed by atoms with Gasteiger partial charge in [0.2, 0.25) is 20.7 Å². The number of sulfone groups is 1. The van der Waals surface area contributed by atoms with Gasteiger partial charge in [-0.25, -0.2) is 13.2 Å². The van der Waals surface area contributed by atoms with E-state index in [4.69, 9.17) is 9.15 Å². The van der Waals surface area contributed by atoms with Crippen molar-refractivity contribution in [3.63, 3.8) is 0 Å². The van der Waals surface area contributed by atoms with Gasteiger partial charge in [-0.1, -0.05) is 44.2 Å². The third kappa shape index (κ3) is 3.70. The second-order valence-electron chi connectivity index (χ2n) is 6.05. The van der Waals surface area contributed by atoms with Gasteiger partial charge in [0.05, 0.1) is 4.90 Å². The highest BCUT2D eigenvalue weighted by molar-refractivity contribution is 7.91. The monoisotopic (exact) mass is 370 g/mol. The quantitative estimate of drug-likeness (QED) is 0.490. The predicted octanol–water partition coefficient (Wildman–Crippen LogP) is 4.46. The van der Waals surface area contributed by atoms with Gasteiger partial charge < -0.3 is 9.15 Å². The molecule has 5 nitrogen and oxygen atoms in total. The zero-order valence-electron chi connectivity index (χ0n) is 14.4. The molecule has 0 fully saturated rings. The number of rotatable bonds is 5. The normalized spacial score (nSPS) is 11.5. The summed E-state index contributed by atoms with van der Waals surface area (Å²) in [5.74, 6) is -0.192. The van der Waals surface area contributed by atoms with E-state index in [-0.39, 0.29) is 15.7 Å². The fraction of sp³-hybridized carbons (Fsp3) is 0.150. The van der Waals surface area contributed by atoms with Gasteiger partial charge in [-0.2, -0.15) is 0 Å². The first-order chi connectivity index (χ1) is 12.4. The Morgan fingerprint density at radius 1 is 0.923 bits per heavy atom. The fourth-order valence-corrected chi connectivity index (χ4v) is 3.56. The number of hydrogen-bond acceptors (Lipinski definition) is 5. The molecule has 3 rings (SSSR count). The van der Waals surface area contributed by atoms with Gasteiger partial charge in [0.25, 0.3) is 0 Å². The average molecular weight is 370 g/mol. The van der Waals surface area contributed by atoms with E-state index in [0.29, 0.717) is 11.7 Å². The van der Waals surface area contributed by atoms with Crippen molar-refractivity contribution in [2.45, 2.75) is 29.8 Å². The highest BCUT2D eigenvalue weighted by Gasteiger charge is 2.24. The van der Waals surface area contributed by atoms with Crippen LogP contribution in [0.15, 0.2) is 81.1 Å². The molecule has 134 valence electrons. The molecule has 0 saturated heterocycles. The van der Waals surface area contributed by atoms with Crippen molar-refractivity contribution < 1.29 is 22.4 Å². The summed E-state index contributed by atoms with van der Waals surface area (Å²) < 4.78 is 35.4. The van der Waals surface area contributed by atoms with Crippen LogP contribution in [0.3, 0.4) is 0 Å². The molecule has 0 saturated carbocycles. The Morgan fingerprint density at radius 2 is 1.58 bits per heavy atom. The van der Waals surface area contributed by atoms with Gasteiger partial charge in [0.15, 0.2) is 0 Å². The van der Waals surface area contributed by atoms with E-state index in [0.717, 1.165) is 5.56 Å². The van der Waals surface area contributed by atoms with Crippen molar-refractivity contribution in [2.24, 2.45) is 0 Å². The maximum atomic E-state index is 12.5. The minimum atomic E-state index is -3.81. The van der Waals surface area contributed by atoms with Crippen LogP contribution < -0.4 is 4.74 Å². The van der Waals surface area contributed by atoms with Crippen molar-refractivity contribution in [1.82, 2.24) is 0 Å². The lowest BCUT2D eigenvalue weighted by molar-refractivity contribution is 0.0695. The minimum Gasteiger partial charge on any atom is -0.437 e. The Balaban J connectivity index is 1.78. The number of furan rings is 1. The number of carbonyl (C=O) groups is 1. The van der Waals surface area contributed by atoms with Crippen LogP contribution in [-0.2, 0) is 9.84 Å². The molecule has 0 aliphatic carbocycles. The first-order valence-electron chi connectivity index (χ1n) is 8.10. The first kappa shape index (κ1) is 17.9. The highest BCUT2D eigenvalue weighted by atomic mass is 32.2. The number of carbonyl (C=O) groups excluding carboxylic acids is 1. The van der Waals surface area contributed by atoms with E-state index < -0.39 is 15.8 Å². The first-order valence-corrected chi connectivity index (χ1v) is 9.58. The van der Waals surface area contributed by atoms with Crippen molar-refractivity contribution in [3.8, 4) is 5.75 Å². The van der Waals surface area contributed by atoms with Crippen molar-refractivity contribution in [3.05, 3.63) is 78.1 Å². The molecular weight excluding hydrogens is 352 g/mol. The van der Waals surface area contributed by atoms with E-state index in [9.17, 15) is 13.2 Å². The van der Waals surface area contributed by atoms with E-state index in [1.165, 1.54) is 24.3 Å². The Hall–Kier alpha value is -2.86. The van der Waals surface area contributed by atoms with Gasteiger partial charge >= 0.3 is 5.97 Å². The molecule has 0 radical (unpaired) electrons. The van der Waals surface area contributed by atoms with Gasteiger partial charge in [-0.15, -0.1) is 0 Å². The largest absolute Gasteiger partial charge is 0.437 e. The van der Waals surface area contributed by atoms with Crippen LogP contribution in [0.25, 0.3) is 0 Å². The Labute approximate surface area is 152 Å². The summed E-state index contributed by atoms with van der Waals surface area (Å²) in [5.41, 5.74) is 1.12. The predicted molar refractivity (Wildman–Crippen MR) is 96.1 cm³/mol. The van der Waals surface area contributed by atoms with Gasteiger partial charge in [0, 0.05) is 0 Å². The van der Waals surface area contributed by atoms with Crippen LogP contribution >= 0.6 is 0 Å². The lowest BCUT2D eigenvalue weighted by atomic mass is 10.0. The number of benzene rings is 2. The fourth-order valence-electron chi connectivity index (χ4n) is 2.37. The van der Waals surface area contributed by atoms with Crippen molar-refractivity contribution in [1.29, 1.82) is 0 Å². The average Bonchev–Trinajstić information content (AvgIpc) is 3.14. The molecule has 6 heteroatoms. The summed E-state index contributed by atoms with van der Waals surface area (Å²) in [4.78, 5) is 12.3. The van der Waals surface area contributed by atoms with Gasteiger partial charge in [0.1, 0.15) is 5.75 Å². The van der Waals surface area contributed by atoms with Crippen LogP contribution in [0, 0.1) is 0 Å². The summed E-state index contributed by atoms with van der Waals surface area (Å²) in [6.45, 7) is 4.14. The Bertz CT molecular complexity index is 1000. The zero-order valence-corrected chi connectivity index (χ0v) is 15.2. The smallest absolute Gasteiger partial charge is 0.379 e. The number of ether oxygens (including phenoxy) is 1. The van der Waals surface area contributed by atoms with E-state index in [1.54, 1.807) is 30.3 Å². The molecule has 3 aromatic rings. The molecule has 0 atom stereocenters. The third-order valence-corrected chi connectivity index (χ3v) is 5.50. The summed E-state index contributed by atoms with van der Waals surface area (Å²) in [6, 6.07) is 17.6. The van der Waals surface area contributed by atoms with Crippen LogP contribution in [0.4, 0.5) is 0 Å². The van der Waals surface area contributed by atoms with Crippen molar-refractivity contribution in [2.75, 3.05) is 0 Å². The molecule has 1 heterocycles. The lowest BCUT2D eigenvalue weighted by Crippen LogP contribution is -2.07. The number of esters is 1. The summed E-state index contributed by atoms with van der Waals surface area (Å²) in [5, 5.41) is -0.300. The highest BCUT2D eigenvalue weighted by Crippen LogP contribution is 2.24. The molecule has 1 aromatic heterocycles. The third-order valence-electron chi connectivity index (χ3n) is 3.86. The summed E-state index contributed by atoms with van der Waals surface area (Å²) >= 11 is 0. The molecule has 0 unspecified atom stereocenters. The Kier molecular flexibility index (Phi) is 4.95. The van der Waals surface area contributed by atoms with Crippen LogP contribution in [0.2, 0.25) is 0 Å². The van der Waals surface area contributed by atoms with Crippen LogP contribution in [0.1, 0.15) is 35.9 Å². The second kappa shape index (κ2) is 7.17. The molecule has 0 aliphatic heterocycles. The summed E-state index contributed by atoms with van der Waals surface area (Å²) in [7, 11) is -3.81. The summed E-state index contributed by atoms with van der Waals surface area (Å²) in [6.07, 6.45) is 0. The molecule has 0 aliphatic rings. The molecule has 0 spiro atoms. The van der Waals surface area contributed by atoms with Crippen LogP contribution in [0.5, 0.6) is 5.75 Å². The second-order valence-corrected chi connectivity index (χ2v) is 7.93. The zero-order chi connectivity index (χ0) is 18.7. The topological polar surface area (TPSA) is 73.6 Å². The molecular formula is C20H18O5S. The SMILES string of the molecule is CC(C)c1ccc(OC(=O)c2ccc(S(=O)(=O)c3ccccc3)o2)cc1. The Morgan fingerprint density at radius 3 is 2.19 bits per heavy atom. The molecule has 26 heavy (non-hydrogen) atoms. The molecule has 2 aromatic carbocycles. The molecule has 0 N–H and O–H groups in total. The van der Waals surface area contributed by atoms with Crippen LogP contribution in [-0.4, -0.2) is 14.4 Å². The van der Waals surface area contributed by atoms with Gasteiger partial charge in [-0.3, -0.25) is 0 Å². The maximum absolute atomic E-state index is 12.5. The molecule has 0 amide bonds. The lowest BCUT2D eigenvalue weighted by Gasteiger charge is -2.06.